The number of phenols is 1. The Bertz CT molecular complexity index is 1130. The van der Waals surface area contributed by atoms with Gasteiger partial charge in [-0.1, -0.05) is 48.0 Å². The van der Waals surface area contributed by atoms with Crippen LogP contribution in [-0.4, -0.2) is 24.5 Å². The minimum atomic E-state index is -0.276. The quantitative estimate of drug-likeness (QED) is 0.434. The molecule has 0 fully saturated rings. The summed E-state index contributed by atoms with van der Waals surface area (Å²) >= 11 is 3.58. The summed E-state index contributed by atoms with van der Waals surface area (Å²) in [5, 5.41) is 14.5. The summed E-state index contributed by atoms with van der Waals surface area (Å²) in [4.78, 5) is 5.04. The fourth-order valence-corrected chi connectivity index (χ4v) is 4.50. The van der Waals surface area contributed by atoms with Crippen molar-refractivity contribution in [2.75, 3.05) is 13.7 Å². The predicted octanol–water partition coefficient (Wildman–Crippen LogP) is 6.09. The lowest BCUT2D eigenvalue weighted by molar-refractivity contribution is 0.313. The van der Waals surface area contributed by atoms with Crippen molar-refractivity contribution >= 4 is 21.6 Å². The van der Waals surface area contributed by atoms with E-state index in [-0.39, 0.29) is 18.0 Å². The van der Waals surface area contributed by atoms with Crippen molar-refractivity contribution < 1.29 is 14.6 Å². The van der Waals surface area contributed by atoms with Crippen LogP contribution in [-0.2, 0) is 0 Å². The van der Waals surface area contributed by atoms with Gasteiger partial charge in [-0.25, -0.2) is 0 Å². The molecule has 0 spiro atoms. The zero-order chi connectivity index (χ0) is 22.7. The van der Waals surface area contributed by atoms with Crippen LogP contribution in [0.2, 0.25) is 0 Å². The second kappa shape index (κ2) is 9.76. The Morgan fingerprint density at radius 1 is 1.09 bits per heavy atom. The van der Waals surface area contributed by atoms with Crippen molar-refractivity contribution in [2.24, 2.45) is 4.99 Å². The first kappa shape index (κ1) is 22.4. The van der Waals surface area contributed by atoms with Gasteiger partial charge in [-0.05, 0) is 59.1 Å². The van der Waals surface area contributed by atoms with E-state index < -0.39 is 0 Å². The molecule has 0 unspecified atom stereocenters. The van der Waals surface area contributed by atoms with E-state index in [2.05, 4.69) is 52.4 Å². The lowest BCUT2D eigenvalue weighted by Crippen LogP contribution is -2.33. The maximum Gasteiger partial charge on any atom is 0.162 e. The molecule has 0 radical (unpaired) electrons. The van der Waals surface area contributed by atoms with Crippen molar-refractivity contribution in [2.45, 2.75) is 32.5 Å². The number of ether oxygens (including phenoxy) is 2. The number of hydrogen-bond acceptors (Lipinski definition) is 5. The highest BCUT2D eigenvalue weighted by Gasteiger charge is 2.29. The van der Waals surface area contributed by atoms with E-state index in [0.717, 1.165) is 32.6 Å². The maximum atomic E-state index is 10.9. The molecule has 2 N–H and O–H groups in total. The molecule has 32 heavy (non-hydrogen) atoms. The number of benzene rings is 3. The van der Waals surface area contributed by atoms with E-state index in [1.807, 2.05) is 37.3 Å². The first-order valence-electron chi connectivity index (χ1n) is 10.7. The SMILES string of the molecule is CCOc1cccc([C@@H]2CC(c3ccc(C)cc3)=N[C@H](c3ccc(OC)c(Br)c3)N2)c1O. The summed E-state index contributed by atoms with van der Waals surface area (Å²) in [6.45, 7) is 4.48. The third-order valence-electron chi connectivity index (χ3n) is 5.62. The third-order valence-corrected chi connectivity index (χ3v) is 6.24. The topological polar surface area (TPSA) is 63.1 Å². The normalized spacial score (nSPS) is 18.2. The van der Waals surface area contributed by atoms with Gasteiger partial charge in [0, 0.05) is 23.7 Å². The molecule has 1 heterocycles. The first-order valence-corrected chi connectivity index (χ1v) is 11.5. The fraction of sp³-hybridized carbons (Fsp3) is 0.269. The molecule has 0 saturated heterocycles. The molecule has 3 aromatic carbocycles. The molecule has 0 bridgehead atoms. The first-order chi connectivity index (χ1) is 15.5. The number of aromatic hydroxyl groups is 1. The third kappa shape index (κ3) is 4.66. The summed E-state index contributed by atoms with van der Waals surface area (Å²) in [5.74, 6) is 1.44. The van der Waals surface area contributed by atoms with Gasteiger partial charge in [0.05, 0.1) is 18.2 Å². The molecule has 0 saturated carbocycles. The van der Waals surface area contributed by atoms with Gasteiger partial charge in [-0.15, -0.1) is 0 Å². The summed E-state index contributed by atoms with van der Waals surface area (Å²) in [6, 6.07) is 19.9. The Labute approximate surface area is 197 Å². The molecule has 2 atom stereocenters. The average Bonchev–Trinajstić information content (AvgIpc) is 2.80. The smallest absolute Gasteiger partial charge is 0.162 e. The van der Waals surface area contributed by atoms with Crippen LogP contribution >= 0.6 is 15.9 Å². The molecular weight excluding hydrogens is 468 g/mol. The lowest BCUT2D eigenvalue weighted by atomic mass is 9.93. The molecule has 5 nitrogen and oxygen atoms in total. The zero-order valence-corrected chi connectivity index (χ0v) is 20.0. The predicted molar refractivity (Wildman–Crippen MR) is 131 cm³/mol. The summed E-state index contributed by atoms with van der Waals surface area (Å²) in [5.41, 5.74) is 5.09. The lowest BCUT2D eigenvalue weighted by Gasteiger charge is -2.31. The van der Waals surface area contributed by atoms with Crippen LogP contribution in [0.3, 0.4) is 0 Å². The van der Waals surface area contributed by atoms with Crippen molar-refractivity contribution in [1.29, 1.82) is 0 Å². The number of hydrogen-bond donors (Lipinski definition) is 2. The Morgan fingerprint density at radius 3 is 2.56 bits per heavy atom. The molecular formula is C26H27BrN2O3. The number of methoxy groups -OCH3 is 1. The molecule has 0 aromatic heterocycles. The Kier molecular flexibility index (Phi) is 6.82. The highest BCUT2D eigenvalue weighted by atomic mass is 79.9. The standard InChI is InChI=1S/C26H27BrN2O3/c1-4-32-24-7-5-6-19(25(24)30)22-15-21(17-10-8-16(2)9-11-17)28-26(29-22)18-12-13-23(31-3)20(27)14-18/h5-14,22,26,29-30H,4,15H2,1-3H3/t22-,26-/m0/s1. The molecule has 6 heteroatoms. The molecule has 0 aliphatic carbocycles. The molecule has 4 rings (SSSR count). The van der Waals surface area contributed by atoms with Crippen LogP contribution in [0.4, 0.5) is 0 Å². The van der Waals surface area contributed by atoms with Gasteiger partial charge >= 0.3 is 0 Å². The summed E-state index contributed by atoms with van der Waals surface area (Å²) < 4.78 is 11.9. The van der Waals surface area contributed by atoms with Crippen LogP contribution in [0.15, 0.2) is 70.1 Å². The molecule has 1 aliphatic heterocycles. The number of phenolic OH excluding ortho intramolecular Hbond substituents is 1. The highest BCUT2D eigenvalue weighted by molar-refractivity contribution is 9.10. The van der Waals surface area contributed by atoms with Gasteiger partial charge in [0.25, 0.3) is 0 Å². The van der Waals surface area contributed by atoms with Gasteiger partial charge in [-0.3, -0.25) is 10.3 Å². The van der Waals surface area contributed by atoms with Crippen molar-refractivity contribution in [1.82, 2.24) is 5.32 Å². The minimum Gasteiger partial charge on any atom is -0.504 e. The second-order valence-electron chi connectivity index (χ2n) is 7.79. The van der Waals surface area contributed by atoms with E-state index in [1.165, 1.54) is 5.56 Å². The van der Waals surface area contributed by atoms with Gasteiger partial charge < -0.3 is 14.6 Å². The monoisotopic (exact) mass is 494 g/mol. The Hall–Kier alpha value is -2.83. The molecule has 166 valence electrons. The number of halogens is 1. The molecule has 1 aliphatic rings. The van der Waals surface area contributed by atoms with Gasteiger partial charge in [-0.2, -0.15) is 0 Å². The number of aliphatic imine (C=N–C) groups is 1. The van der Waals surface area contributed by atoms with Gasteiger partial charge in [0.2, 0.25) is 0 Å². The number of rotatable bonds is 6. The second-order valence-corrected chi connectivity index (χ2v) is 8.64. The van der Waals surface area contributed by atoms with Crippen LogP contribution in [0.1, 0.15) is 47.8 Å². The Morgan fingerprint density at radius 2 is 1.88 bits per heavy atom. The number of aryl methyl sites for hydroxylation is 1. The number of nitrogens with one attached hydrogen (secondary N) is 1. The van der Waals surface area contributed by atoms with E-state index in [1.54, 1.807) is 13.2 Å². The van der Waals surface area contributed by atoms with Gasteiger partial charge in [0.1, 0.15) is 11.9 Å². The van der Waals surface area contributed by atoms with Crippen LogP contribution in [0, 0.1) is 6.92 Å². The van der Waals surface area contributed by atoms with Gasteiger partial charge in [0.15, 0.2) is 11.5 Å². The van der Waals surface area contributed by atoms with Crippen molar-refractivity contribution in [3.63, 3.8) is 0 Å². The summed E-state index contributed by atoms with van der Waals surface area (Å²) in [7, 11) is 1.65. The van der Waals surface area contributed by atoms with Crippen molar-refractivity contribution in [3.05, 3.63) is 87.4 Å². The molecule has 0 amide bonds. The zero-order valence-electron chi connectivity index (χ0n) is 18.4. The van der Waals surface area contributed by atoms with E-state index in [9.17, 15) is 5.11 Å². The minimum absolute atomic E-state index is 0.130. The number of nitrogens with zero attached hydrogens (tertiary/aromatic N) is 1. The average molecular weight is 495 g/mol. The largest absolute Gasteiger partial charge is 0.504 e. The van der Waals surface area contributed by atoms with E-state index in [0.29, 0.717) is 18.8 Å². The Balaban J connectivity index is 1.76. The van der Waals surface area contributed by atoms with E-state index in [4.69, 9.17) is 14.5 Å². The fourth-order valence-electron chi connectivity index (χ4n) is 3.94. The molecule has 3 aromatic rings. The van der Waals surface area contributed by atoms with E-state index >= 15 is 0 Å². The summed E-state index contributed by atoms with van der Waals surface area (Å²) in [6.07, 6.45) is 0.377. The number of para-hydroxylation sites is 1. The van der Waals surface area contributed by atoms with Crippen LogP contribution < -0.4 is 14.8 Å². The maximum absolute atomic E-state index is 10.9. The van der Waals surface area contributed by atoms with Crippen LogP contribution in [0.5, 0.6) is 17.2 Å². The van der Waals surface area contributed by atoms with Crippen LogP contribution in [0.25, 0.3) is 0 Å². The highest BCUT2D eigenvalue weighted by Crippen LogP contribution is 2.39. The van der Waals surface area contributed by atoms with Crippen molar-refractivity contribution in [3.8, 4) is 17.2 Å².